The monoisotopic (exact) mass is 482 g/mol. The maximum absolute atomic E-state index is 13.2. The van der Waals surface area contributed by atoms with E-state index in [2.05, 4.69) is 10.3 Å². The molecule has 1 aromatic carbocycles. The summed E-state index contributed by atoms with van der Waals surface area (Å²) in [5.74, 6) is -0.621. The van der Waals surface area contributed by atoms with Crippen LogP contribution in [0.1, 0.15) is 25.3 Å². The van der Waals surface area contributed by atoms with Crippen molar-refractivity contribution in [2.24, 2.45) is 0 Å². The van der Waals surface area contributed by atoms with E-state index in [-0.39, 0.29) is 30.8 Å². The zero-order valence-corrected chi connectivity index (χ0v) is 19.4. The first-order valence-electron chi connectivity index (χ1n) is 10.8. The van der Waals surface area contributed by atoms with Crippen LogP contribution in [0, 0.1) is 10.8 Å². The highest BCUT2D eigenvalue weighted by atomic mass is 32.2. The Morgan fingerprint density at radius 1 is 1.30 bits per heavy atom. The van der Waals surface area contributed by atoms with E-state index in [1.54, 1.807) is 0 Å². The van der Waals surface area contributed by atoms with Gasteiger partial charge < -0.3 is 15.2 Å². The lowest BCUT2D eigenvalue weighted by Gasteiger charge is -2.40. The Labute approximate surface area is 195 Å². The number of para-hydroxylation sites is 1. The second-order valence-electron chi connectivity index (χ2n) is 8.24. The molecule has 0 radical (unpaired) electrons. The van der Waals surface area contributed by atoms with Crippen LogP contribution in [0.3, 0.4) is 0 Å². The van der Waals surface area contributed by atoms with Crippen molar-refractivity contribution in [3.05, 3.63) is 36.0 Å². The summed E-state index contributed by atoms with van der Waals surface area (Å²) in [7, 11) is 1.41. The molecule has 180 valence electrons. The summed E-state index contributed by atoms with van der Waals surface area (Å²) in [6.07, 6.45) is -0.348. The summed E-state index contributed by atoms with van der Waals surface area (Å²) in [5.41, 5.74) is 2.07. The number of carbonyl (C=O) groups excluding carboxylic acids is 1. The largest absolute Gasteiger partial charge is 0.405 e. The van der Waals surface area contributed by atoms with Crippen molar-refractivity contribution in [3.63, 3.8) is 0 Å². The van der Waals surface area contributed by atoms with Crippen molar-refractivity contribution < 1.29 is 18.0 Å². The Bertz CT molecular complexity index is 1010. The number of hydrogen-bond donors (Lipinski definition) is 4. The lowest BCUT2D eigenvalue weighted by molar-refractivity contribution is -0.189. The number of fused-ring (bicyclic) bond motifs is 1. The molecule has 1 aliphatic heterocycles. The Morgan fingerprint density at radius 2 is 2.03 bits per heavy atom. The number of amides is 1. The van der Waals surface area contributed by atoms with Crippen LogP contribution in [0.25, 0.3) is 10.9 Å². The number of likely N-dealkylation sites (N-methyl/N-ethyl adjacent to an activating group) is 1. The molecule has 2 aromatic rings. The number of benzene rings is 1. The first kappa shape index (κ1) is 25.1. The van der Waals surface area contributed by atoms with Crippen molar-refractivity contribution in [3.8, 4) is 0 Å². The number of alkyl halides is 3. The van der Waals surface area contributed by atoms with Crippen LogP contribution in [-0.4, -0.2) is 75.8 Å². The first-order valence-corrected chi connectivity index (χ1v) is 11.6. The van der Waals surface area contributed by atoms with E-state index in [9.17, 15) is 18.0 Å². The quantitative estimate of drug-likeness (QED) is 0.385. The number of H-pyrrole nitrogens is 1. The summed E-state index contributed by atoms with van der Waals surface area (Å²) in [4.78, 5) is 18.4. The van der Waals surface area contributed by atoms with Crippen LogP contribution < -0.4 is 5.32 Å². The van der Waals surface area contributed by atoms with Crippen LogP contribution in [0.4, 0.5) is 13.2 Å². The summed E-state index contributed by atoms with van der Waals surface area (Å²) in [6.45, 7) is 2.01. The van der Waals surface area contributed by atoms with Gasteiger partial charge in [-0.1, -0.05) is 31.5 Å². The van der Waals surface area contributed by atoms with Gasteiger partial charge in [-0.25, -0.2) is 0 Å². The number of halogens is 3. The maximum atomic E-state index is 13.2. The standard InChI is InChI=1S/C22H29F3N6OS/c1-3-6-15(11-14-12-28-17-8-5-4-7-16(14)17)29-20(32)19(26)33-21(27)31-10-9-30(2)18(13-31)22(23,24)25/h4-5,7-8,12,15,18,26-28H,3,6,9-11,13H2,1-2H3,(H,29,32). The number of nitrogens with zero attached hydrogens (tertiary/aromatic N) is 2. The summed E-state index contributed by atoms with van der Waals surface area (Å²) < 4.78 is 39.7. The van der Waals surface area contributed by atoms with Gasteiger partial charge in [0.25, 0.3) is 5.91 Å². The van der Waals surface area contributed by atoms with E-state index in [1.165, 1.54) is 16.8 Å². The molecule has 0 spiro atoms. The Morgan fingerprint density at radius 3 is 2.73 bits per heavy atom. The van der Waals surface area contributed by atoms with Gasteiger partial charge >= 0.3 is 6.18 Å². The maximum Gasteiger partial charge on any atom is 0.405 e. The molecule has 2 unspecified atom stereocenters. The molecule has 0 saturated carbocycles. The molecule has 1 fully saturated rings. The molecule has 0 aliphatic carbocycles. The molecule has 0 bridgehead atoms. The van der Waals surface area contributed by atoms with Gasteiger partial charge in [0.05, 0.1) is 0 Å². The normalized spacial score (nSPS) is 18.3. The van der Waals surface area contributed by atoms with E-state index in [0.717, 1.165) is 22.9 Å². The highest BCUT2D eigenvalue weighted by Crippen LogP contribution is 2.28. The van der Waals surface area contributed by atoms with E-state index in [4.69, 9.17) is 10.8 Å². The van der Waals surface area contributed by atoms with Gasteiger partial charge in [0, 0.05) is 42.8 Å². The molecule has 2 atom stereocenters. The zero-order valence-electron chi connectivity index (χ0n) is 18.6. The number of aromatic amines is 1. The summed E-state index contributed by atoms with van der Waals surface area (Å²) in [5, 5.41) is 19.6. The molecule has 33 heavy (non-hydrogen) atoms. The Kier molecular flexibility index (Phi) is 8.06. The van der Waals surface area contributed by atoms with Gasteiger partial charge in [-0.05, 0) is 43.3 Å². The predicted octanol–water partition coefficient (Wildman–Crippen LogP) is 3.82. The molecule has 1 saturated heterocycles. The molecule has 3 rings (SSSR count). The third-order valence-corrected chi connectivity index (χ3v) is 6.67. The lowest BCUT2D eigenvalue weighted by Crippen LogP contribution is -2.58. The van der Waals surface area contributed by atoms with Crippen molar-refractivity contribution >= 4 is 38.8 Å². The lowest BCUT2D eigenvalue weighted by atomic mass is 10.0. The second-order valence-corrected chi connectivity index (χ2v) is 9.24. The molecule has 7 nitrogen and oxygen atoms in total. The number of rotatable bonds is 5. The third-order valence-electron chi connectivity index (χ3n) is 5.83. The Balaban J connectivity index is 1.59. The minimum Gasteiger partial charge on any atom is -0.361 e. The van der Waals surface area contributed by atoms with Crippen molar-refractivity contribution in [2.75, 3.05) is 26.7 Å². The number of piperazine rings is 1. The topological polar surface area (TPSA) is 99.1 Å². The molecule has 1 aliphatic rings. The zero-order chi connectivity index (χ0) is 24.2. The molecule has 2 heterocycles. The van der Waals surface area contributed by atoms with Crippen LogP contribution in [0.5, 0.6) is 0 Å². The van der Waals surface area contributed by atoms with Crippen LogP contribution in [0.15, 0.2) is 30.5 Å². The molecule has 1 aromatic heterocycles. The van der Waals surface area contributed by atoms with Gasteiger partial charge in [0.15, 0.2) is 10.2 Å². The number of thioether (sulfide) groups is 1. The van der Waals surface area contributed by atoms with E-state index in [1.807, 2.05) is 37.4 Å². The molecule has 1 amide bonds. The number of amidine groups is 1. The van der Waals surface area contributed by atoms with Crippen molar-refractivity contribution in [1.82, 2.24) is 20.1 Å². The van der Waals surface area contributed by atoms with Gasteiger partial charge in [-0.2, -0.15) is 13.2 Å². The highest BCUT2D eigenvalue weighted by Gasteiger charge is 2.45. The average molecular weight is 483 g/mol. The van der Waals surface area contributed by atoms with Gasteiger partial charge in [0.1, 0.15) is 6.04 Å². The SMILES string of the molecule is CCCC(Cc1c[nH]c2ccccc12)NC(=O)C(=N)SC(=N)N1CCN(C)C(C(F)(F)F)C1. The van der Waals surface area contributed by atoms with Gasteiger partial charge in [-0.3, -0.25) is 20.5 Å². The van der Waals surface area contributed by atoms with Crippen LogP contribution in [0.2, 0.25) is 0 Å². The minimum atomic E-state index is -4.40. The molecule has 11 heteroatoms. The number of nitrogens with one attached hydrogen (secondary N) is 4. The number of aromatic nitrogens is 1. The molecular weight excluding hydrogens is 453 g/mol. The van der Waals surface area contributed by atoms with E-state index in [0.29, 0.717) is 24.6 Å². The fourth-order valence-electron chi connectivity index (χ4n) is 4.01. The fourth-order valence-corrected chi connectivity index (χ4v) is 4.65. The van der Waals surface area contributed by atoms with Crippen LogP contribution >= 0.6 is 11.8 Å². The van der Waals surface area contributed by atoms with Gasteiger partial charge in [0.2, 0.25) is 0 Å². The minimum absolute atomic E-state index is 0.149. The average Bonchev–Trinajstić information content (AvgIpc) is 3.16. The number of carbonyl (C=O) groups is 1. The number of hydrogen-bond acceptors (Lipinski definition) is 5. The van der Waals surface area contributed by atoms with Crippen LogP contribution in [-0.2, 0) is 11.2 Å². The second kappa shape index (κ2) is 10.6. The Hall–Kier alpha value is -2.53. The highest BCUT2D eigenvalue weighted by molar-refractivity contribution is 8.27. The summed E-state index contributed by atoms with van der Waals surface area (Å²) >= 11 is 0.587. The third kappa shape index (κ3) is 6.29. The summed E-state index contributed by atoms with van der Waals surface area (Å²) in [6, 6.07) is 6.00. The van der Waals surface area contributed by atoms with E-state index >= 15 is 0 Å². The van der Waals surface area contributed by atoms with Crippen molar-refractivity contribution in [1.29, 1.82) is 10.8 Å². The van der Waals surface area contributed by atoms with Crippen molar-refractivity contribution in [2.45, 2.75) is 44.4 Å². The molecular formula is C22H29F3N6OS. The van der Waals surface area contributed by atoms with Gasteiger partial charge in [-0.15, -0.1) is 0 Å². The molecule has 4 N–H and O–H groups in total. The fraction of sp³-hybridized carbons (Fsp3) is 0.500. The van der Waals surface area contributed by atoms with E-state index < -0.39 is 23.2 Å². The predicted molar refractivity (Wildman–Crippen MR) is 126 cm³/mol. The smallest absolute Gasteiger partial charge is 0.361 e. The first-order chi connectivity index (χ1) is 15.6.